The minimum atomic E-state index is -0.203. The van der Waals surface area contributed by atoms with Gasteiger partial charge in [0.15, 0.2) is 0 Å². The molecule has 0 saturated heterocycles. The van der Waals surface area contributed by atoms with Gasteiger partial charge in [0.05, 0.1) is 18.1 Å². The summed E-state index contributed by atoms with van der Waals surface area (Å²) in [5, 5.41) is 3.09. The van der Waals surface area contributed by atoms with Crippen LogP contribution in [0.2, 0.25) is 0 Å². The Kier molecular flexibility index (Phi) is 3.72. The van der Waals surface area contributed by atoms with Crippen molar-refractivity contribution < 1.29 is 4.39 Å². The lowest BCUT2D eigenvalue weighted by molar-refractivity contribution is 0.625. The van der Waals surface area contributed by atoms with Crippen molar-refractivity contribution in [1.29, 1.82) is 0 Å². The molecular formula is C13H15FN4. The van der Waals surface area contributed by atoms with Gasteiger partial charge in [0, 0.05) is 6.54 Å². The van der Waals surface area contributed by atoms with Crippen molar-refractivity contribution >= 4 is 11.6 Å². The molecule has 0 unspecified atom stereocenters. The van der Waals surface area contributed by atoms with E-state index in [2.05, 4.69) is 15.3 Å². The number of nitrogens with two attached hydrogens (primary N) is 1. The van der Waals surface area contributed by atoms with Crippen LogP contribution in [-0.2, 0) is 6.42 Å². The number of hydrogen-bond acceptors (Lipinski definition) is 4. The summed E-state index contributed by atoms with van der Waals surface area (Å²) in [7, 11) is 0. The molecule has 2 aromatic rings. The Morgan fingerprint density at radius 2 is 2.00 bits per heavy atom. The fraction of sp³-hybridized carbons (Fsp3) is 0.231. The molecule has 0 aliphatic rings. The van der Waals surface area contributed by atoms with Crippen molar-refractivity contribution in [3.63, 3.8) is 0 Å². The van der Waals surface area contributed by atoms with Gasteiger partial charge < -0.3 is 11.1 Å². The van der Waals surface area contributed by atoms with Gasteiger partial charge in [-0.25, -0.2) is 14.4 Å². The van der Waals surface area contributed by atoms with Gasteiger partial charge in [-0.05, 0) is 36.6 Å². The number of hydrogen-bond donors (Lipinski definition) is 2. The molecule has 0 amide bonds. The first-order valence-electron chi connectivity index (χ1n) is 5.71. The number of nitrogens with zero attached hydrogens (tertiary/aromatic N) is 2. The van der Waals surface area contributed by atoms with E-state index in [4.69, 9.17) is 5.73 Å². The largest absolute Gasteiger partial charge is 0.396 e. The molecule has 1 heterocycles. The number of aryl methyl sites for hydroxylation is 1. The fourth-order valence-corrected chi connectivity index (χ4v) is 1.68. The molecule has 0 spiro atoms. The zero-order valence-corrected chi connectivity index (χ0v) is 10.2. The van der Waals surface area contributed by atoms with Gasteiger partial charge in [0.25, 0.3) is 0 Å². The van der Waals surface area contributed by atoms with Gasteiger partial charge in [0.2, 0.25) is 5.95 Å². The first kappa shape index (κ1) is 12.3. The Morgan fingerprint density at radius 3 is 2.67 bits per heavy atom. The first-order chi connectivity index (χ1) is 8.65. The maximum absolute atomic E-state index is 12.9. The number of aromatic nitrogens is 2. The highest BCUT2D eigenvalue weighted by Crippen LogP contribution is 2.11. The van der Waals surface area contributed by atoms with Crippen LogP contribution in [0.5, 0.6) is 0 Å². The molecule has 5 heteroatoms. The van der Waals surface area contributed by atoms with E-state index in [1.54, 1.807) is 18.5 Å². The maximum atomic E-state index is 12.9. The molecule has 0 aliphatic carbocycles. The minimum Gasteiger partial charge on any atom is -0.396 e. The van der Waals surface area contributed by atoms with E-state index in [1.807, 2.05) is 6.92 Å². The molecule has 0 saturated carbocycles. The number of nitrogens with one attached hydrogen (secondary N) is 1. The summed E-state index contributed by atoms with van der Waals surface area (Å²) in [6.45, 7) is 2.59. The topological polar surface area (TPSA) is 63.8 Å². The monoisotopic (exact) mass is 246 g/mol. The summed E-state index contributed by atoms with van der Waals surface area (Å²) in [5.41, 5.74) is 8.09. The van der Waals surface area contributed by atoms with Crippen LogP contribution in [0, 0.1) is 12.7 Å². The van der Waals surface area contributed by atoms with Gasteiger partial charge in [-0.1, -0.05) is 6.07 Å². The van der Waals surface area contributed by atoms with Crippen LogP contribution in [0.1, 0.15) is 11.1 Å². The van der Waals surface area contributed by atoms with Crippen LogP contribution in [-0.4, -0.2) is 16.5 Å². The molecule has 18 heavy (non-hydrogen) atoms. The third kappa shape index (κ3) is 3.16. The Bertz CT molecular complexity index is 525. The average Bonchev–Trinajstić information content (AvgIpc) is 2.34. The molecule has 0 bridgehead atoms. The molecule has 4 nitrogen and oxygen atoms in total. The van der Waals surface area contributed by atoms with Gasteiger partial charge in [-0.3, -0.25) is 0 Å². The number of benzene rings is 1. The Morgan fingerprint density at radius 1 is 1.28 bits per heavy atom. The van der Waals surface area contributed by atoms with Crippen molar-refractivity contribution in [2.45, 2.75) is 13.3 Å². The van der Waals surface area contributed by atoms with E-state index >= 15 is 0 Å². The molecule has 1 aromatic carbocycles. The van der Waals surface area contributed by atoms with Gasteiger partial charge >= 0.3 is 0 Å². The van der Waals surface area contributed by atoms with E-state index in [0.29, 0.717) is 18.2 Å². The molecule has 0 aliphatic heterocycles. The summed E-state index contributed by atoms with van der Waals surface area (Å²) in [4.78, 5) is 8.08. The van der Waals surface area contributed by atoms with Crippen LogP contribution < -0.4 is 11.1 Å². The normalized spacial score (nSPS) is 10.3. The quantitative estimate of drug-likeness (QED) is 0.867. The van der Waals surface area contributed by atoms with Crippen molar-refractivity contribution in [3.05, 3.63) is 47.5 Å². The smallest absolute Gasteiger partial charge is 0.222 e. The molecule has 3 N–H and O–H groups in total. The van der Waals surface area contributed by atoms with Crippen LogP contribution in [0.3, 0.4) is 0 Å². The van der Waals surface area contributed by atoms with Gasteiger partial charge in [-0.15, -0.1) is 0 Å². The first-order valence-corrected chi connectivity index (χ1v) is 5.71. The molecule has 2 rings (SSSR count). The van der Waals surface area contributed by atoms with E-state index in [9.17, 15) is 4.39 Å². The molecule has 94 valence electrons. The van der Waals surface area contributed by atoms with E-state index < -0.39 is 0 Å². The number of rotatable bonds is 4. The zero-order chi connectivity index (χ0) is 13.0. The Hall–Kier alpha value is -2.17. The molecule has 0 fully saturated rings. The van der Waals surface area contributed by atoms with Crippen molar-refractivity contribution in [1.82, 2.24) is 9.97 Å². The highest BCUT2D eigenvalue weighted by atomic mass is 19.1. The highest BCUT2D eigenvalue weighted by molar-refractivity contribution is 5.36. The number of anilines is 2. The second-order valence-corrected chi connectivity index (χ2v) is 4.09. The fourth-order valence-electron chi connectivity index (χ4n) is 1.68. The zero-order valence-electron chi connectivity index (χ0n) is 10.2. The SMILES string of the molecule is Cc1cc(F)ccc1CCNc1ncc(N)cn1. The van der Waals surface area contributed by atoms with E-state index in [-0.39, 0.29) is 5.82 Å². The molecular weight excluding hydrogens is 231 g/mol. The lowest BCUT2D eigenvalue weighted by Gasteiger charge is -2.07. The summed E-state index contributed by atoms with van der Waals surface area (Å²) >= 11 is 0. The predicted octanol–water partition coefficient (Wildman–Crippen LogP) is 2.16. The summed E-state index contributed by atoms with van der Waals surface area (Å²) in [6, 6.07) is 4.81. The second kappa shape index (κ2) is 5.44. The highest BCUT2D eigenvalue weighted by Gasteiger charge is 2.01. The summed E-state index contributed by atoms with van der Waals surface area (Å²) < 4.78 is 12.9. The van der Waals surface area contributed by atoms with Crippen molar-refractivity contribution in [2.24, 2.45) is 0 Å². The second-order valence-electron chi connectivity index (χ2n) is 4.09. The van der Waals surface area contributed by atoms with Crippen LogP contribution >= 0.6 is 0 Å². The van der Waals surface area contributed by atoms with Crippen LogP contribution in [0.4, 0.5) is 16.0 Å². The van der Waals surface area contributed by atoms with Crippen LogP contribution in [0.25, 0.3) is 0 Å². The summed E-state index contributed by atoms with van der Waals surface area (Å²) in [5.74, 6) is 0.343. The average molecular weight is 246 g/mol. The van der Waals surface area contributed by atoms with Crippen molar-refractivity contribution in [2.75, 3.05) is 17.6 Å². The Labute approximate surface area is 105 Å². The number of nitrogen functional groups attached to an aromatic ring is 1. The third-order valence-corrected chi connectivity index (χ3v) is 2.65. The van der Waals surface area contributed by atoms with Crippen LogP contribution in [0.15, 0.2) is 30.6 Å². The third-order valence-electron chi connectivity index (χ3n) is 2.65. The Balaban J connectivity index is 1.90. The maximum Gasteiger partial charge on any atom is 0.222 e. The van der Waals surface area contributed by atoms with Gasteiger partial charge in [0.1, 0.15) is 5.82 Å². The lowest BCUT2D eigenvalue weighted by Crippen LogP contribution is -2.08. The van der Waals surface area contributed by atoms with Gasteiger partial charge in [-0.2, -0.15) is 0 Å². The summed E-state index contributed by atoms with van der Waals surface area (Å²) in [6.07, 6.45) is 3.90. The molecule has 1 aromatic heterocycles. The van der Waals surface area contributed by atoms with E-state index in [0.717, 1.165) is 17.5 Å². The van der Waals surface area contributed by atoms with Crippen molar-refractivity contribution in [3.8, 4) is 0 Å². The molecule has 0 atom stereocenters. The molecule has 0 radical (unpaired) electrons. The van der Waals surface area contributed by atoms with E-state index in [1.165, 1.54) is 12.1 Å². The minimum absolute atomic E-state index is 0.203. The number of halogens is 1. The standard InChI is InChI=1S/C13H15FN4/c1-9-6-11(14)3-2-10(9)4-5-16-13-17-7-12(15)8-18-13/h2-3,6-8H,4-5,15H2,1H3,(H,16,17,18). The lowest BCUT2D eigenvalue weighted by atomic mass is 10.1. The predicted molar refractivity (Wildman–Crippen MR) is 69.8 cm³/mol.